The van der Waals surface area contributed by atoms with Crippen LogP contribution in [0.5, 0.6) is 11.5 Å². The highest BCUT2D eigenvalue weighted by molar-refractivity contribution is 5.88. The maximum Gasteiger partial charge on any atom is 0.298 e. The first-order chi connectivity index (χ1) is 15.1. The Labute approximate surface area is 187 Å². The number of fused-ring (bicyclic) bond motifs is 1. The normalized spacial score (nSPS) is 17.8. The Morgan fingerprint density at radius 3 is 2.47 bits per heavy atom. The molecule has 1 aliphatic rings. The summed E-state index contributed by atoms with van der Waals surface area (Å²) in [7, 11) is 2.06. The summed E-state index contributed by atoms with van der Waals surface area (Å²) in [5, 5.41) is 23.8. The Kier molecular flexibility index (Phi) is 5.50. The SMILES string of the molecule is CN(c1ccc(-c2cc3cc(OC=O)cnc3cc2O)nn1)C1CC(C)(C)NC(C)(C)C1. The number of nitrogens with zero attached hydrogens (tertiary/aromatic N) is 4. The van der Waals surface area contributed by atoms with Crippen LogP contribution in [-0.2, 0) is 4.79 Å². The number of carbonyl (C=O) groups is 1. The van der Waals surface area contributed by atoms with E-state index in [1.54, 1.807) is 18.2 Å². The molecule has 0 radical (unpaired) electrons. The molecule has 0 bridgehead atoms. The van der Waals surface area contributed by atoms with Crippen LogP contribution < -0.4 is 15.0 Å². The zero-order chi connectivity index (χ0) is 23.1. The number of aromatic hydroxyl groups is 1. The van der Waals surface area contributed by atoms with Gasteiger partial charge in [-0.2, -0.15) is 0 Å². The van der Waals surface area contributed by atoms with Crippen molar-refractivity contribution < 1.29 is 14.6 Å². The van der Waals surface area contributed by atoms with Crippen LogP contribution in [0.2, 0.25) is 0 Å². The second-order valence-corrected chi connectivity index (χ2v) is 9.79. The van der Waals surface area contributed by atoms with Gasteiger partial charge in [0, 0.05) is 41.2 Å². The molecule has 2 N–H and O–H groups in total. The molecule has 1 aliphatic heterocycles. The number of anilines is 1. The number of aromatic nitrogens is 3. The molecule has 168 valence electrons. The van der Waals surface area contributed by atoms with Gasteiger partial charge in [-0.15, -0.1) is 10.2 Å². The molecule has 2 aromatic heterocycles. The monoisotopic (exact) mass is 435 g/mol. The molecule has 0 saturated carbocycles. The van der Waals surface area contributed by atoms with Gasteiger partial charge in [-0.3, -0.25) is 9.78 Å². The number of rotatable bonds is 5. The molecule has 0 amide bonds. The van der Waals surface area contributed by atoms with E-state index in [9.17, 15) is 9.90 Å². The molecule has 1 saturated heterocycles. The van der Waals surface area contributed by atoms with Crippen molar-refractivity contribution >= 4 is 23.2 Å². The number of nitrogens with one attached hydrogen (secondary N) is 1. The van der Waals surface area contributed by atoms with Crippen LogP contribution in [-0.4, -0.2) is 50.9 Å². The molecule has 0 atom stereocenters. The van der Waals surface area contributed by atoms with Crippen LogP contribution in [0.25, 0.3) is 22.2 Å². The van der Waals surface area contributed by atoms with E-state index < -0.39 is 0 Å². The zero-order valence-electron chi connectivity index (χ0n) is 19.1. The Bertz CT molecular complexity index is 1130. The minimum atomic E-state index is 0.0331. The van der Waals surface area contributed by atoms with Crippen molar-refractivity contribution in [3.63, 3.8) is 0 Å². The van der Waals surface area contributed by atoms with Crippen LogP contribution in [0.15, 0.2) is 36.5 Å². The van der Waals surface area contributed by atoms with Crippen molar-refractivity contribution in [2.24, 2.45) is 0 Å². The minimum Gasteiger partial charge on any atom is -0.507 e. The van der Waals surface area contributed by atoms with E-state index in [4.69, 9.17) is 4.74 Å². The summed E-state index contributed by atoms with van der Waals surface area (Å²) in [5.74, 6) is 1.18. The number of pyridine rings is 1. The maximum absolute atomic E-state index is 10.6. The van der Waals surface area contributed by atoms with Gasteiger partial charge in [0.2, 0.25) is 0 Å². The average Bonchev–Trinajstić information content (AvgIpc) is 2.71. The number of ether oxygens (including phenoxy) is 1. The van der Waals surface area contributed by atoms with Gasteiger partial charge in [0.1, 0.15) is 11.5 Å². The molecule has 0 aliphatic carbocycles. The summed E-state index contributed by atoms with van der Waals surface area (Å²) >= 11 is 0. The van der Waals surface area contributed by atoms with Crippen molar-refractivity contribution in [1.82, 2.24) is 20.5 Å². The fraction of sp³-hybridized carbons (Fsp3) is 0.417. The molecule has 4 rings (SSSR count). The first-order valence-corrected chi connectivity index (χ1v) is 10.7. The van der Waals surface area contributed by atoms with Gasteiger partial charge in [0.05, 0.1) is 17.4 Å². The van der Waals surface area contributed by atoms with Gasteiger partial charge in [-0.25, -0.2) is 0 Å². The lowest BCUT2D eigenvalue weighted by Crippen LogP contribution is -2.62. The molecule has 3 aromatic rings. The lowest BCUT2D eigenvalue weighted by atomic mass is 9.79. The summed E-state index contributed by atoms with van der Waals surface area (Å²) in [6.07, 6.45) is 3.43. The van der Waals surface area contributed by atoms with Crippen LogP contribution in [0.4, 0.5) is 5.82 Å². The summed E-state index contributed by atoms with van der Waals surface area (Å²) in [4.78, 5) is 17.0. The quantitative estimate of drug-likeness (QED) is 0.586. The minimum absolute atomic E-state index is 0.0331. The molecule has 3 heterocycles. The van der Waals surface area contributed by atoms with Gasteiger partial charge in [0.15, 0.2) is 5.82 Å². The summed E-state index contributed by atoms with van der Waals surface area (Å²) in [5.41, 5.74) is 1.74. The number of piperidine rings is 1. The highest BCUT2D eigenvalue weighted by Gasteiger charge is 2.39. The lowest BCUT2D eigenvalue weighted by molar-refractivity contribution is -0.120. The van der Waals surface area contributed by atoms with E-state index in [0.29, 0.717) is 35.0 Å². The fourth-order valence-corrected chi connectivity index (χ4v) is 4.86. The van der Waals surface area contributed by atoms with E-state index in [1.807, 2.05) is 12.1 Å². The third-order valence-corrected chi connectivity index (χ3v) is 5.96. The van der Waals surface area contributed by atoms with E-state index in [-0.39, 0.29) is 16.8 Å². The lowest BCUT2D eigenvalue weighted by Gasteiger charge is -2.49. The van der Waals surface area contributed by atoms with Crippen LogP contribution >= 0.6 is 0 Å². The predicted molar refractivity (Wildman–Crippen MR) is 124 cm³/mol. The molecule has 0 unspecified atom stereocenters. The smallest absolute Gasteiger partial charge is 0.298 e. The molecular formula is C24H29N5O3. The number of hydrogen-bond donors (Lipinski definition) is 2. The number of phenols is 1. The number of hydrogen-bond acceptors (Lipinski definition) is 8. The Morgan fingerprint density at radius 2 is 1.84 bits per heavy atom. The van der Waals surface area contributed by atoms with E-state index >= 15 is 0 Å². The number of phenolic OH excluding ortho intramolecular Hbond substituents is 1. The van der Waals surface area contributed by atoms with E-state index in [0.717, 1.165) is 24.0 Å². The number of benzene rings is 1. The van der Waals surface area contributed by atoms with Crippen molar-refractivity contribution in [3.05, 3.63) is 36.5 Å². The van der Waals surface area contributed by atoms with Crippen molar-refractivity contribution in [3.8, 4) is 22.8 Å². The predicted octanol–water partition coefficient (Wildman–Crippen LogP) is 3.68. The Hall–Kier alpha value is -3.26. The zero-order valence-corrected chi connectivity index (χ0v) is 19.1. The third kappa shape index (κ3) is 4.50. The molecular weight excluding hydrogens is 406 g/mol. The van der Waals surface area contributed by atoms with Crippen molar-refractivity contribution in [2.45, 2.75) is 57.7 Å². The van der Waals surface area contributed by atoms with Gasteiger partial charge in [0.25, 0.3) is 6.47 Å². The first kappa shape index (κ1) is 22.0. The Morgan fingerprint density at radius 1 is 1.12 bits per heavy atom. The van der Waals surface area contributed by atoms with Gasteiger partial charge in [-0.1, -0.05) is 0 Å². The highest BCUT2D eigenvalue weighted by Crippen LogP contribution is 2.35. The standard InChI is InChI=1S/C24H29N5O3/c1-23(2)11-16(12-24(3,4)28-23)29(5)22-7-6-19(26-27-22)18-9-15-8-17(32-14-30)13-25-20(15)10-21(18)31/h6-10,13-14,16,28,31H,11-12H2,1-5H3. The van der Waals surface area contributed by atoms with E-state index in [2.05, 4.69) is 60.1 Å². The molecule has 32 heavy (non-hydrogen) atoms. The number of carbonyl (C=O) groups excluding carboxylic acids is 1. The summed E-state index contributed by atoms with van der Waals surface area (Å²) in [6.45, 7) is 9.27. The molecule has 0 spiro atoms. The van der Waals surface area contributed by atoms with Crippen molar-refractivity contribution in [2.75, 3.05) is 11.9 Å². The topological polar surface area (TPSA) is 100 Å². The maximum atomic E-state index is 10.6. The van der Waals surface area contributed by atoms with E-state index in [1.165, 1.54) is 6.20 Å². The second-order valence-electron chi connectivity index (χ2n) is 9.79. The molecule has 1 aromatic carbocycles. The van der Waals surface area contributed by atoms with Crippen LogP contribution in [0.3, 0.4) is 0 Å². The van der Waals surface area contributed by atoms with Gasteiger partial charge >= 0.3 is 0 Å². The summed E-state index contributed by atoms with van der Waals surface area (Å²) in [6, 6.07) is 9.14. The summed E-state index contributed by atoms with van der Waals surface area (Å²) < 4.78 is 4.88. The van der Waals surface area contributed by atoms with Gasteiger partial charge < -0.3 is 20.1 Å². The fourth-order valence-electron chi connectivity index (χ4n) is 4.86. The van der Waals surface area contributed by atoms with Crippen LogP contribution in [0, 0.1) is 0 Å². The third-order valence-electron chi connectivity index (χ3n) is 5.96. The van der Waals surface area contributed by atoms with Crippen molar-refractivity contribution in [1.29, 1.82) is 0 Å². The molecule has 8 nitrogen and oxygen atoms in total. The molecule has 8 heteroatoms. The largest absolute Gasteiger partial charge is 0.507 e. The van der Waals surface area contributed by atoms with Gasteiger partial charge in [-0.05, 0) is 64.8 Å². The molecule has 1 fully saturated rings. The Balaban J connectivity index is 1.61. The highest BCUT2D eigenvalue weighted by atomic mass is 16.5. The van der Waals surface area contributed by atoms with Crippen LogP contribution in [0.1, 0.15) is 40.5 Å². The first-order valence-electron chi connectivity index (χ1n) is 10.7. The average molecular weight is 436 g/mol. The second kappa shape index (κ2) is 8.02.